The Bertz CT molecular complexity index is 1240. The van der Waals surface area contributed by atoms with Gasteiger partial charge in [-0.25, -0.2) is 22.5 Å². The molecule has 0 aliphatic heterocycles. The van der Waals surface area contributed by atoms with E-state index in [0.717, 1.165) is 24.7 Å². The number of nitrogens with zero attached hydrogens (tertiary/aromatic N) is 2. The van der Waals surface area contributed by atoms with E-state index in [2.05, 4.69) is 4.98 Å². The first-order valence-corrected chi connectivity index (χ1v) is 11.2. The lowest BCUT2D eigenvalue weighted by Gasteiger charge is -2.13. The number of hydrogen-bond acceptors (Lipinski definition) is 5. The number of carbonyl (C=O) groups is 1. The molecule has 0 atom stereocenters. The van der Waals surface area contributed by atoms with Gasteiger partial charge in [-0.3, -0.25) is 9.36 Å². The number of aromatic nitrogens is 2. The lowest BCUT2D eigenvalue weighted by molar-refractivity contribution is -0.117. The van der Waals surface area contributed by atoms with Gasteiger partial charge in [-0.15, -0.1) is 0 Å². The summed E-state index contributed by atoms with van der Waals surface area (Å²) in [6.45, 7) is 5.23. The number of ether oxygens (including phenoxy) is 1. The van der Waals surface area contributed by atoms with Crippen LogP contribution >= 0.6 is 0 Å². The van der Waals surface area contributed by atoms with E-state index in [0.29, 0.717) is 22.7 Å². The van der Waals surface area contributed by atoms with Crippen LogP contribution in [0.4, 0.5) is 4.39 Å². The first kappa shape index (κ1) is 22.5. The topological polar surface area (TPSA) is 90.3 Å². The standard InChI is InChI=1S/C22H24FN3O4S/c1-5-20-14(2)26(22(24-20)30-4)13-17-11-10-16(12-19(17)23)18-8-6-7-9-21(18)31(28,29)25-15(3)27/h6-12H,5,13H2,1-4H3,(H,25,27). The highest BCUT2D eigenvalue weighted by Gasteiger charge is 2.21. The maximum Gasteiger partial charge on any atom is 0.296 e. The van der Waals surface area contributed by atoms with Crippen molar-refractivity contribution in [3.63, 3.8) is 0 Å². The minimum absolute atomic E-state index is 0.0999. The lowest BCUT2D eigenvalue weighted by atomic mass is 10.0. The molecule has 0 unspecified atom stereocenters. The third-order valence-electron chi connectivity index (χ3n) is 4.95. The van der Waals surface area contributed by atoms with Crippen molar-refractivity contribution in [3.8, 4) is 17.1 Å². The van der Waals surface area contributed by atoms with Gasteiger partial charge in [0.2, 0.25) is 5.91 Å². The van der Waals surface area contributed by atoms with E-state index in [4.69, 9.17) is 4.74 Å². The zero-order valence-electron chi connectivity index (χ0n) is 17.8. The summed E-state index contributed by atoms with van der Waals surface area (Å²) in [6, 6.07) is 11.1. The molecule has 0 bridgehead atoms. The van der Waals surface area contributed by atoms with Crippen LogP contribution in [0.25, 0.3) is 11.1 Å². The lowest BCUT2D eigenvalue weighted by Crippen LogP contribution is -2.28. The number of aryl methyl sites for hydroxylation is 1. The van der Waals surface area contributed by atoms with Crippen LogP contribution in [0.1, 0.15) is 30.8 Å². The highest BCUT2D eigenvalue weighted by molar-refractivity contribution is 7.90. The van der Waals surface area contributed by atoms with Crippen LogP contribution in [-0.4, -0.2) is 31.0 Å². The highest BCUT2D eigenvalue weighted by atomic mass is 32.2. The summed E-state index contributed by atoms with van der Waals surface area (Å²) in [4.78, 5) is 15.6. The predicted molar refractivity (Wildman–Crippen MR) is 115 cm³/mol. The summed E-state index contributed by atoms with van der Waals surface area (Å²) in [5.41, 5.74) is 2.87. The van der Waals surface area contributed by atoms with Crippen LogP contribution in [0.3, 0.4) is 0 Å². The SMILES string of the molecule is CCc1nc(OC)n(Cc2ccc(-c3ccccc3S(=O)(=O)NC(C)=O)cc2F)c1C. The normalized spacial score (nSPS) is 11.4. The molecule has 7 nitrogen and oxygen atoms in total. The van der Waals surface area contributed by atoms with Crippen LogP contribution in [0.5, 0.6) is 6.01 Å². The van der Waals surface area contributed by atoms with Gasteiger partial charge in [0.15, 0.2) is 0 Å². The average Bonchev–Trinajstić information content (AvgIpc) is 3.03. The number of benzene rings is 2. The van der Waals surface area contributed by atoms with E-state index in [1.807, 2.05) is 18.6 Å². The second-order valence-electron chi connectivity index (χ2n) is 7.03. The maximum absolute atomic E-state index is 15.0. The van der Waals surface area contributed by atoms with Gasteiger partial charge >= 0.3 is 0 Å². The van der Waals surface area contributed by atoms with Crippen LogP contribution in [0, 0.1) is 12.7 Å². The Hall–Kier alpha value is -3.20. The van der Waals surface area contributed by atoms with E-state index in [9.17, 15) is 13.2 Å². The fourth-order valence-electron chi connectivity index (χ4n) is 3.43. The molecule has 1 amide bonds. The molecule has 0 spiro atoms. The average molecular weight is 446 g/mol. The molecule has 0 aliphatic rings. The zero-order valence-corrected chi connectivity index (χ0v) is 18.6. The molecular weight excluding hydrogens is 421 g/mol. The number of hydrogen-bond donors (Lipinski definition) is 1. The summed E-state index contributed by atoms with van der Waals surface area (Å²) >= 11 is 0. The van der Waals surface area contributed by atoms with Crippen molar-refractivity contribution >= 4 is 15.9 Å². The summed E-state index contributed by atoms with van der Waals surface area (Å²) in [6.07, 6.45) is 0.732. The van der Waals surface area contributed by atoms with E-state index < -0.39 is 21.7 Å². The first-order valence-electron chi connectivity index (χ1n) is 9.69. The van der Waals surface area contributed by atoms with Crippen molar-refractivity contribution in [1.29, 1.82) is 0 Å². The molecule has 3 aromatic rings. The molecule has 0 fully saturated rings. The van der Waals surface area contributed by atoms with Crippen LogP contribution in [-0.2, 0) is 27.8 Å². The second-order valence-corrected chi connectivity index (χ2v) is 8.69. The predicted octanol–water partition coefficient (Wildman–Crippen LogP) is 3.44. The Morgan fingerprint density at radius 1 is 1.23 bits per heavy atom. The smallest absolute Gasteiger partial charge is 0.296 e. The molecular formula is C22H24FN3O4S. The Morgan fingerprint density at radius 3 is 2.55 bits per heavy atom. The molecule has 31 heavy (non-hydrogen) atoms. The number of rotatable bonds is 7. The minimum atomic E-state index is -4.08. The molecule has 9 heteroatoms. The number of halogens is 1. The molecule has 1 N–H and O–H groups in total. The molecule has 0 saturated carbocycles. The Morgan fingerprint density at radius 2 is 1.94 bits per heavy atom. The first-order chi connectivity index (χ1) is 14.7. The number of carbonyl (C=O) groups excluding carboxylic acids is 1. The van der Waals surface area contributed by atoms with Crippen molar-refractivity contribution in [2.75, 3.05) is 7.11 Å². The Kier molecular flexibility index (Phi) is 6.45. The van der Waals surface area contributed by atoms with Crippen LogP contribution in [0.15, 0.2) is 47.4 Å². The number of sulfonamides is 1. The number of imidazole rings is 1. The van der Waals surface area contributed by atoms with Crippen molar-refractivity contribution in [1.82, 2.24) is 14.3 Å². The molecule has 2 aromatic carbocycles. The van der Waals surface area contributed by atoms with Gasteiger partial charge in [-0.05, 0) is 31.0 Å². The van der Waals surface area contributed by atoms with E-state index in [-0.39, 0.29) is 11.4 Å². The summed E-state index contributed by atoms with van der Waals surface area (Å²) in [5.74, 6) is -1.19. The highest BCUT2D eigenvalue weighted by Crippen LogP contribution is 2.29. The van der Waals surface area contributed by atoms with Crippen molar-refractivity contribution in [2.45, 2.75) is 38.6 Å². The molecule has 1 aromatic heterocycles. The maximum atomic E-state index is 15.0. The van der Waals surface area contributed by atoms with Gasteiger partial charge in [0.05, 0.1) is 24.2 Å². The molecule has 3 rings (SSSR count). The van der Waals surface area contributed by atoms with Crippen molar-refractivity contribution in [2.24, 2.45) is 0 Å². The van der Waals surface area contributed by atoms with Crippen LogP contribution in [0.2, 0.25) is 0 Å². The third-order valence-corrected chi connectivity index (χ3v) is 6.44. The summed E-state index contributed by atoms with van der Waals surface area (Å²) < 4.78 is 49.1. The molecule has 0 aliphatic carbocycles. The van der Waals surface area contributed by atoms with E-state index in [1.165, 1.54) is 19.2 Å². The monoisotopic (exact) mass is 445 g/mol. The Labute approximate surface area is 180 Å². The Balaban J connectivity index is 2.00. The van der Waals surface area contributed by atoms with E-state index in [1.54, 1.807) is 34.9 Å². The summed E-state index contributed by atoms with van der Waals surface area (Å²) in [7, 11) is -2.56. The van der Waals surface area contributed by atoms with Gasteiger partial charge in [0, 0.05) is 23.7 Å². The van der Waals surface area contributed by atoms with E-state index >= 15 is 4.39 Å². The largest absolute Gasteiger partial charge is 0.468 e. The molecule has 0 saturated heterocycles. The number of nitrogens with one attached hydrogen (secondary N) is 1. The van der Waals surface area contributed by atoms with Gasteiger partial charge in [-0.2, -0.15) is 0 Å². The fraction of sp³-hybridized carbons (Fsp3) is 0.273. The number of methoxy groups -OCH3 is 1. The fourth-order valence-corrected chi connectivity index (χ4v) is 4.65. The molecule has 0 radical (unpaired) electrons. The third kappa shape index (κ3) is 4.61. The van der Waals surface area contributed by atoms with Gasteiger partial charge in [0.25, 0.3) is 16.0 Å². The zero-order chi connectivity index (χ0) is 22.8. The summed E-state index contributed by atoms with van der Waals surface area (Å²) in [5, 5.41) is 0. The van der Waals surface area contributed by atoms with Crippen LogP contribution < -0.4 is 9.46 Å². The van der Waals surface area contributed by atoms with Crippen molar-refractivity contribution in [3.05, 3.63) is 65.2 Å². The van der Waals surface area contributed by atoms with Crippen molar-refractivity contribution < 1.29 is 22.3 Å². The molecule has 1 heterocycles. The minimum Gasteiger partial charge on any atom is -0.468 e. The van der Waals surface area contributed by atoms with Gasteiger partial charge < -0.3 is 4.74 Å². The van der Waals surface area contributed by atoms with Gasteiger partial charge in [-0.1, -0.05) is 37.3 Å². The van der Waals surface area contributed by atoms with Gasteiger partial charge in [0.1, 0.15) is 5.82 Å². The second kappa shape index (κ2) is 8.89. The molecule has 164 valence electrons. The number of amides is 1. The quantitative estimate of drug-likeness (QED) is 0.602.